The van der Waals surface area contributed by atoms with Crippen LogP contribution in [0.1, 0.15) is 11.1 Å². The molecule has 0 spiro atoms. The van der Waals surface area contributed by atoms with Crippen LogP contribution in [-0.2, 0) is 18.0 Å². The molecule has 1 heterocycles. The van der Waals surface area contributed by atoms with Crippen LogP contribution in [0.2, 0.25) is 0 Å². The van der Waals surface area contributed by atoms with Crippen molar-refractivity contribution in [3.8, 4) is 5.75 Å². The molecule has 2 aromatic carbocycles. The molecule has 0 fully saturated rings. The summed E-state index contributed by atoms with van der Waals surface area (Å²) in [5, 5.41) is 10.6. The summed E-state index contributed by atoms with van der Waals surface area (Å²) in [7, 11) is 0. The smallest absolute Gasteiger partial charge is 0.149 e. The van der Waals surface area contributed by atoms with E-state index >= 15 is 0 Å². The first-order valence-electron chi connectivity index (χ1n) is 6.72. The first-order valence-corrected chi connectivity index (χ1v) is 6.72. The Morgan fingerprint density at radius 3 is 2.57 bits per heavy atom. The van der Waals surface area contributed by atoms with Gasteiger partial charge >= 0.3 is 0 Å². The van der Waals surface area contributed by atoms with Gasteiger partial charge in [0, 0.05) is 5.39 Å². The maximum absolute atomic E-state index is 9.98. The van der Waals surface area contributed by atoms with E-state index in [1.54, 1.807) is 0 Å². The molecule has 0 saturated carbocycles. The Hall–Kier alpha value is -2.59. The highest BCUT2D eigenvalue weighted by Gasteiger charge is 2.06. The molecule has 4 nitrogen and oxygen atoms in total. The van der Waals surface area contributed by atoms with Crippen LogP contribution < -0.4 is 5.73 Å². The van der Waals surface area contributed by atoms with Gasteiger partial charge in [-0.15, -0.1) is 0 Å². The van der Waals surface area contributed by atoms with E-state index in [4.69, 9.17) is 10.5 Å². The Labute approximate surface area is 122 Å². The van der Waals surface area contributed by atoms with E-state index < -0.39 is 0 Å². The van der Waals surface area contributed by atoms with Gasteiger partial charge < -0.3 is 15.6 Å². The van der Waals surface area contributed by atoms with Crippen LogP contribution in [-0.4, -0.2) is 10.1 Å². The number of ether oxygens (including phenoxy) is 1. The third-order valence-electron chi connectivity index (χ3n) is 3.31. The Morgan fingerprint density at radius 1 is 1.00 bits per heavy atom. The van der Waals surface area contributed by atoms with Gasteiger partial charge in [0.15, 0.2) is 0 Å². The van der Waals surface area contributed by atoms with Crippen LogP contribution in [0.5, 0.6) is 5.75 Å². The summed E-state index contributed by atoms with van der Waals surface area (Å²) in [5.41, 5.74) is 8.77. The van der Waals surface area contributed by atoms with Crippen molar-refractivity contribution in [3.05, 3.63) is 65.9 Å². The molecule has 0 aliphatic carbocycles. The molecule has 3 rings (SSSR count). The molecule has 1 aromatic heterocycles. The molecule has 4 heteroatoms. The van der Waals surface area contributed by atoms with Gasteiger partial charge in [0.2, 0.25) is 0 Å². The van der Waals surface area contributed by atoms with Crippen LogP contribution >= 0.6 is 0 Å². The number of aromatic hydroxyl groups is 1. The van der Waals surface area contributed by atoms with Gasteiger partial charge in [-0.25, -0.2) is 0 Å². The SMILES string of the molecule is Nc1cnc2ccc(COCc3ccccc3)cc2c1O. The molecule has 106 valence electrons. The van der Waals surface area contributed by atoms with Crippen LogP contribution in [0, 0.1) is 0 Å². The van der Waals surface area contributed by atoms with Crippen molar-refractivity contribution in [2.75, 3.05) is 5.73 Å². The van der Waals surface area contributed by atoms with Gasteiger partial charge in [0.05, 0.1) is 30.6 Å². The van der Waals surface area contributed by atoms with E-state index in [0.29, 0.717) is 24.1 Å². The number of pyridine rings is 1. The fourth-order valence-electron chi connectivity index (χ4n) is 2.19. The molecule has 0 amide bonds. The number of benzene rings is 2. The minimum absolute atomic E-state index is 0.0740. The van der Waals surface area contributed by atoms with Crippen LogP contribution in [0.25, 0.3) is 10.9 Å². The molecule has 0 aliphatic rings. The molecule has 0 aliphatic heterocycles. The first-order chi connectivity index (χ1) is 10.2. The third kappa shape index (κ3) is 2.95. The molecule has 0 radical (unpaired) electrons. The monoisotopic (exact) mass is 280 g/mol. The summed E-state index contributed by atoms with van der Waals surface area (Å²) < 4.78 is 5.69. The van der Waals surface area contributed by atoms with E-state index in [2.05, 4.69) is 4.98 Å². The van der Waals surface area contributed by atoms with Gasteiger partial charge in [-0.3, -0.25) is 4.98 Å². The largest absolute Gasteiger partial charge is 0.505 e. The summed E-state index contributed by atoms with van der Waals surface area (Å²) in [6.07, 6.45) is 1.46. The Bertz CT molecular complexity index is 757. The van der Waals surface area contributed by atoms with Crippen molar-refractivity contribution in [1.29, 1.82) is 0 Å². The average molecular weight is 280 g/mol. The lowest BCUT2D eigenvalue weighted by Crippen LogP contribution is -1.95. The number of aromatic nitrogens is 1. The number of hydrogen-bond donors (Lipinski definition) is 2. The summed E-state index contributed by atoms with van der Waals surface area (Å²) in [4.78, 5) is 4.18. The fourth-order valence-corrected chi connectivity index (χ4v) is 2.19. The molecule has 3 N–H and O–H groups in total. The number of nitrogens with two attached hydrogens (primary N) is 1. The van der Waals surface area contributed by atoms with E-state index in [-0.39, 0.29) is 11.4 Å². The van der Waals surface area contributed by atoms with Crippen LogP contribution in [0.4, 0.5) is 5.69 Å². The quantitative estimate of drug-likeness (QED) is 0.769. The maximum atomic E-state index is 9.98. The van der Waals surface area contributed by atoms with Crippen LogP contribution in [0.15, 0.2) is 54.7 Å². The molecular weight excluding hydrogens is 264 g/mol. The fraction of sp³-hybridized carbons (Fsp3) is 0.118. The molecule has 3 aromatic rings. The number of hydrogen-bond acceptors (Lipinski definition) is 4. The van der Waals surface area contributed by atoms with Crippen molar-refractivity contribution in [2.24, 2.45) is 0 Å². The Balaban J connectivity index is 1.74. The summed E-state index contributed by atoms with van der Waals surface area (Å²) >= 11 is 0. The average Bonchev–Trinajstić information content (AvgIpc) is 2.52. The van der Waals surface area contributed by atoms with Crippen LogP contribution in [0.3, 0.4) is 0 Å². The lowest BCUT2D eigenvalue weighted by molar-refractivity contribution is 0.107. The van der Waals surface area contributed by atoms with Crippen molar-refractivity contribution in [1.82, 2.24) is 4.98 Å². The number of anilines is 1. The zero-order valence-electron chi connectivity index (χ0n) is 11.5. The summed E-state index contributed by atoms with van der Waals surface area (Å²) in [5.74, 6) is 0.0740. The van der Waals surface area contributed by atoms with Gasteiger partial charge in [-0.05, 0) is 23.3 Å². The Morgan fingerprint density at radius 2 is 1.76 bits per heavy atom. The van der Waals surface area contributed by atoms with Gasteiger partial charge in [-0.1, -0.05) is 36.4 Å². The number of fused-ring (bicyclic) bond motifs is 1. The van der Waals surface area contributed by atoms with Gasteiger partial charge in [-0.2, -0.15) is 0 Å². The molecule has 0 unspecified atom stereocenters. The predicted octanol–water partition coefficient (Wildman–Crippen LogP) is 3.24. The first kappa shape index (κ1) is 13.4. The topological polar surface area (TPSA) is 68.4 Å². The molecule has 0 bridgehead atoms. The van der Waals surface area contributed by atoms with Gasteiger partial charge in [0.1, 0.15) is 5.75 Å². The zero-order chi connectivity index (χ0) is 14.7. The second kappa shape index (κ2) is 5.81. The minimum atomic E-state index is 0.0740. The highest BCUT2D eigenvalue weighted by molar-refractivity contribution is 5.89. The number of nitrogens with zero attached hydrogens (tertiary/aromatic N) is 1. The summed E-state index contributed by atoms with van der Waals surface area (Å²) in [6.45, 7) is 1.03. The lowest BCUT2D eigenvalue weighted by atomic mass is 10.1. The Kier molecular flexibility index (Phi) is 3.71. The van der Waals surface area contributed by atoms with E-state index in [9.17, 15) is 5.11 Å². The molecular formula is C17H16N2O2. The normalized spacial score (nSPS) is 10.9. The predicted molar refractivity (Wildman–Crippen MR) is 82.8 cm³/mol. The molecule has 0 saturated heterocycles. The highest BCUT2D eigenvalue weighted by atomic mass is 16.5. The van der Waals surface area contributed by atoms with Crippen molar-refractivity contribution in [3.63, 3.8) is 0 Å². The molecule has 0 atom stereocenters. The maximum Gasteiger partial charge on any atom is 0.149 e. The summed E-state index contributed by atoms with van der Waals surface area (Å²) in [6, 6.07) is 15.7. The number of nitrogen functional groups attached to an aromatic ring is 1. The standard InChI is InChI=1S/C17H16N2O2/c18-15-9-19-16-7-6-13(8-14(16)17(15)20)11-21-10-12-4-2-1-3-5-12/h1-9H,10-11,18H2,(H,19,20). The third-order valence-corrected chi connectivity index (χ3v) is 3.31. The number of rotatable bonds is 4. The lowest BCUT2D eigenvalue weighted by Gasteiger charge is -2.07. The zero-order valence-corrected chi connectivity index (χ0v) is 11.5. The minimum Gasteiger partial charge on any atom is -0.505 e. The molecule has 21 heavy (non-hydrogen) atoms. The van der Waals surface area contributed by atoms with E-state index in [1.165, 1.54) is 6.20 Å². The van der Waals surface area contributed by atoms with E-state index in [1.807, 2.05) is 48.5 Å². The van der Waals surface area contributed by atoms with Crippen molar-refractivity contribution < 1.29 is 9.84 Å². The second-order valence-electron chi connectivity index (χ2n) is 4.89. The van der Waals surface area contributed by atoms with Crippen molar-refractivity contribution >= 4 is 16.6 Å². The van der Waals surface area contributed by atoms with Gasteiger partial charge in [0.25, 0.3) is 0 Å². The second-order valence-corrected chi connectivity index (χ2v) is 4.89. The van der Waals surface area contributed by atoms with E-state index in [0.717, 1.165) is 11.1 Å². The highest BCUT2D eigenvalue weighted by Crippen LogP contribution is 2.29. The van der Waals surface area contributed by atoms with Crippen molar-refractivity contribution in [2.45, 2.75) is 13.2 Å².